The van der Waals surface area contributed by atoms with Crippen LogP contribution in [-0.2, 0) is 19.0 Å². The fourth-order valence-electron chi connectivity index (χ4n) is 4.30. The minimum atomic E-state index is -0.646. The second-order valence-electron chi connectivity index (χ2n) is 8.49. The average molecular weight is 549 g/mol. The largest absolute Gasteiger partial charge is 0.349 e. The number of hydrogen-bond donors (Lipinski definition) is 2. The molecule has 1 amide bonds. The van der Waals surface area contributed by atoms with Crippen molar-refractivity contribution >= 4 is 56.7 Å². The molecule has 0 saturated carbocycles. The predicted octanol–water partition coefficient (Wildman–Crippen LogP) is 4.18. The zero-order valence-corrected chi connectivity index (χ0v) is 20.3. The van der Waals surface area contributed by atoms with Crippen molar-refractivity contribution in [1.82, 2.24) is 14.5 Å². The Morgan fingerprint density at radius 1 is 1.12 bits per heavy atom. The Morgan fingerprint density at radius 2 is 1.81 bits per heavy atom. The van der Waals surface area contributed by atoms with Crippen LogP contribution in [0.2, 0.25) is 0 Å². The summed E-state index contributed by atoms with van der Waals surface area (Å²) in [4.78, 5) is 20.3. The summed E-state index contributed by atoms with van der Waals surface area (Å²) in [7, 11) is 0. The predicted molar refractivity (Wildman–Crippen MR) is 128 cm³/mol. The summed E-state index contributed by atoms with van der Waals surface area (Å²) in [5.74, 6) is -0.0610. The van der Waals surface area contributed by atoms with Gasteiger partial charge in [0.25, 0.3) is 0 Å². The van der Waals surface area contributed by atoms with Crippen molar-refractivity contribution in [3.8, 4) is 0 Å². The van der Waals surface area contributed by atoms with E-state index in [-0.39, 0.29) is 30.4 Å². The quantitative estimate of drug-likeness (QED) is 0.472. The van der Waals surface area contributed by atoms with E-state index in [1.165, 1.54) is 13.3 Å². The number of anilines is 3. The van der Waals surface area contributed by atoms with Gasteiger partial charge in [-0.15, -0.1) is 0 Å². The second kappa shape index (κ2) is 7.94. The summed E-state index contributed by atoms with van der Waals surface area (Å²) in [6.45, 7) is 7.34. The lowest BCUT2D eigenvalue weighted by Crippen LogP contribution is -2.27. The number of nitrogens with one attached hydrogen (secondary N) is 2. The van der Waals surface area contributed by atoms with Crippen molar-refractivity contribution in [1.29, 1.82) is 0 Å². The fourth-order valence-corrected chi connectivity index (χ4v) is 5.10. The summed E-state index contributed by atoms with van der Waals surface area (Å²) in [6.07, 6.45) is 2.76. The Labute approximate surface area is 199 Å². The molecule has 0 bridgehead atoms. The lowest BCUT2D eigenvalue weighted by molar-refractivity contribution is -0.194. The van der Waals surface area contributed by atoms with Gasteiger partial charge in [0.05, 0.1) is 11.5 Å². The topological polar surface area (TPSA) is 99.5 Å². The van der Waals surface area contributed by atoms with Crippen LogP contribution in [0.1, 0.15) is 33.9 Å². The zero-order valence-electron chi connectivity index (χ0n) is 18.1. The van der Waals surface area contributed by atoms with Crippen molar-refractivity contribution in [3.63, 3.8) is 0 Å². The highest BCUT2D eigenvalue weighted by Gasteiger charge is 2.54. The summed E-state index contributed by atoms with van der Waals surface area (Å²) in [6, 6.07) is 7.46. The number of rotatable bonds is 4. The maximum atomic E-state index is 11.2. The number of carbonyl (C=O) groups is 1. The molecule has 4 atom stereocenters. The van der Waals surface area contributed by atoms with Gasteiger partial charge in [0.15, 0.2) is 12.0 Å². The smallest absolute Gasteiger partial charge is 0.221 e. The second-order valence-corrected chi connectivity index (χ2v) is 9.65. The Hall–Kier alpha value is -2.28. The van der Waals surface area contributed by atoms with Gasteiger partial charge in [-0.05, 0) is 67.6 Å². The molecule has 0 aliphatic carbocycles. The minimum absolute atomic E-state index is 0.0940. The van der Waals surface area contributed by atoms with Crippen LogP contribution < -0.4 is 10.6 Å². The van der Waals surface area contributed by atoms with Gasteiger partial charge in [0, 0.05) is 28.1 Å². The minimum Gasteiger partial charge on any atom is -0.349 e. The first-order valence-electron chi connectivity index (χ1n) is 10.4. The van der Waals surface area contributed by atoms with Crippen LogP contribution in [0, 0.1) is 3.57 Å². The molecule has 0 unspecified atom stereocenters. The number of nitrogens with zero attached hydrogens (tertiary/aromatic N) is 3. The van der Waals surface area contributed by atoms with Crippen LogP contribution in [-0.4, -0.2) is 44.5 Å². The third-order valence-corrected chi connectivity index (χ3v) is 6.38. The molecule has 2 fully saturated rings. The van der Waals surface area contributed by atoms with E-state index < -0.39 is 5.79 Å². The monoisotopic (exact) mass is 549 g/mol. The first-order chi connectivity index (χ1) is 15.2. The molecular formula is C22H24IN5O4. The fraction of sp³-hybridized carbons (Fsp3) is 0.409. The lowest BCUT2D eigenvalue weighted by atomic mass is 10.1. The number of aromatic nitrogens is 3. The first kappa shape index (κ1) is 21.6. The van der Waals surface area contributed by atoms with Crippen LogP contribution in [0.25, 0.3) is 11.0 Å². The van der Waals surface area contributed by atoms with E-state index in [4.69, 9.17) is 14.2 Å². The molecule has 2 aliphatic rings. The summed E-state index contributed by atoms with van der Waals surface area (Å²) in [5, 5.41) is 7.03. The molecule has 9 nitrogen and oxygen atoms in total. The summed E-state index contributed by atoms with van der Waals surface area (Å²) >= 11 is 2.29. The van der Waals surface area contributed by atoms with E-state index in [1.54, 1.807) is 0 Å². The van der Waals surface area contributed by atoms with E-state index in [0.717, 1.165) is 26.0 Å². The van der Waals surface area contributed by atoms with E-state index in [9.17, 15) is 4.79 Å². The average Bonchev–Trinajstić information content (AvgIpc) is 3.33. The molecule has 2 aromatic heterocycles. The number of fused-ring (bicyclic) bond motifs is 2. The molecule has 4 heterocycles. The molecule has 32 heavy (non-hydrogen) atoms. The van der Waals surface area contributed by atoms with Crippen molar-refractivity contribution in [2.75, 3.05) is 10.6 Å². The van der Waals surface area contributed by atoms with Gasteiger partial charge in [0.1, 0.15) is 30.0 Å². The Morgan fingerprint density at radius 3 is 2.53 bits per heavy atom. The lowest BCUT2D eigenvalue weighted by Gasteiger charge is -2.24. The number of halogens is 1. The highest BCUT2D eigenvalue weighted by atomic mass is 127. The maximum absolute atomic E-state index is 11.2. The standard InChI is InChI=1S/C22H24IN5O4/c1-11-17-18(32-22(3,4)31-17)21(30-11)28-9-15(23)16-19(24-10-25-20(16)28)27-14-7-5-13(6-8-14)26-12(2)29/h5-11,17-18,21H,1-4H3,(H,26,29)(H,24,25,27)/t11-,17-,18-,21-/m1/s1. The third-order valence-electron chi connectivity index (χ3n) is 5.57. The molecule has 2 saturated heterocycles. The molecule has 3 aromatic rings. The number of amides is 1. The molecule has 10 heteroatoms. The van der Waals surface area contributed by atoms with E-state index in [0.29, 0.717) is 5.82 Å². The van der Waals surface area contributed by atoms with Gasteiger partial charge >= 0.3 is 0 Å². The van der Waals surface area contributed by atoms with E-state index >= 15 is 0 Å². The Bertz CT molecular complexity index is 1180. The molecule has 0 radical (unpaired) electrons. The van der Waals surface area contributed by atoms with Crippen LogP contribution in [0.4, 0.5) is 17.2 Å². The van der Waals surface area contributed by atoms with Crippen LogP contribution in [0.15, 0.2) is 36.8 Å². The molecule has 1 aromatic carbocycles. The molecule has 168 valence electrons. The molecular weight excluding hydrogens is 525 g/mol. The summed E-state index contributed by atoms with van der Waals surface area (Å²) < 4.78 is 21.5. The third kappa shape index (κ3) is 3.85. The SMILES string of the molecule is CC(=O)Nc1ccc(Nc2ncnc3c2c(I)cn3[C@@H]2O[C@H](C)[C@H]3OC(C)(C)O[C@H]32)cc1. The number of benzene rings is 1. The van der Waals surface area contributed by atoms with Gasteiger partial charge < -0.3 is 29.4 Å². The zero-order chi connectivity index (χ0) is 22.6. The van der Waals surface area contributed by atoms with Gasteiger partial charge in [-0.1, -0.05) is 0 Å². The van der Waals surface area contributed by atoms with Crippen LogP contribution in [0.5, 0.6) is 0 Å². The Kier molecular flexibility index (Phi) is 5.35. The van der Waals surface area contributed by atoms with Crippen molar-refractivity contribution < 1.29 is 19.0 Å². The van der Waals surface area contributed by atoms with Crippen molar-refractivity contribution in [3.05, 3.63) is 40.4 Å². The van der Waals surface area contributed by atoms with E-state index in [2.05, 4.69) is 43.2 Å². The molecule has 0 spiro atoms. The molecule has 5 rings (SSSR count). The normalized spacial score (nSPS) is 26.3. The van der Waals surface area contributed by atoms with Crippen LogP contribution >= 0.6 is 22.6 Å². The first-order valence-corrected chi connectivity index (χ1v) is 11.5. The highest BCUT2D eigenvalue weighted by Crippen LogP contribution is 2.44. The maximum Gasteiger partial charge on any atom is 0.221 e. The van der Waals surface area contributed by atoms with Gasteiger partial charge in [-0.2, -0.15) is 0 Å². The van der Waals surface area contributed by atoms with E-state index in [1.807, 2.05) is 55.8 Å². The highest BCUT2D eigenvalue weighted by molar-refractivity contribution is 14.1. The number of hydrogen-bond acceptors (Lipinski definition) is 7. The number of carbonyl (C=O) groups excluding carboxylic acids is 1. The Balaban J connectivity index is 1.47. The molecule has 2 aliphatic heterocycles. The van der Waals surface area contributed by atoms with Crippen molar-refractivity contribution in [2.45, 2.75) is 58.0 Å². The van der Waals surface area contributed by atoms with Crippen LogP contribution in [0.3, 0.4) is 0 Å². The number of ether oxygens (including phenoxy) is 3. The van der Waals surface area contributed by atoms with Gasteiger partial charge in [-0.3, -0.25) is 4.79 Å². The van der Waals surface area contributed by atoms with Gasteiger partial charge in [0.2, 0.25) is 5.91 Å². The molecule has 2 N–H and O–H groups in total. The summed E-state index contributed by atoms with van der Waals surface area (Å²) in [5.41, 5.74) is 2.34. The van der Waals surface area contributed by atoms with Crippen molar-refractivity contribution in [2.24, 2.45) is 0 Å². The van der Waals surface area contributed by atoms with Gasteiger partial charge in [-0.25, -0.2) is 9.97 Å².